The van der Waals surface area contributed by atoms with Gasteiger partial charge >= 0.3 is 0 Å². The third-order valence-electron chi connectivity index (χ3n) is 2.75. The molecule has 0 radical (unpaired) electrons. The van der Waals surface area contributed by atoms with Crippen LogP contribution < -0.4 is 0 Å². The number of nitrogens with zero attached hydrogens (tertiary/aromatic N) is 4. The number of halogens is 1. The van der Waals surface area contributed by atoms with Gasteiger partial charge in [-0.1, -0.05) is 46.8 Å². The van der Waals surface area contributed by atoms with Crippen molar-refractivity contribution in [2.24, 2.45) is 0 Å². The maximum Gasteiger partial charge on any atom is 0.237 e. The largest absolute Gasteiger partial charge is 0.338 e. The van der Waals surface area contributed by atoms with Gasteiger partial charge in [0.2, 0.25) is 5.89 Å². The van der Waals surface area contributed by atoms with Gasteiger partial charge in [0, 0.05) is 11.4 Å². The quantitative estimate of drug-likeness (QED) is 0.485. The Hall–Kier alpha value is -1.22. The predicted octanol–water partition coefficient (Wildman–Crippen LogP) is 4.55. The molecule has 2 heterocycles. The van der Waals surface area contributed by atoms with Gasteiger partial charge in [0.05, 0.1) is 11.4 Å². The van der Waals surface area contributed by atoms with Crippen LogP contribution in [0.4, 0.5) is 0 Å². The summed E-state index contributed by atoms with van der Waals surface area (Å²) in [7, 11) is 0. The molecule has 0 saturated heterocycles. The van der Waals surface area contributed by atoms with Crippen LogP contribution >= 0.6 is 46.9 Å². The summed E-state index contributed by atoms with van der Waals surface area (Å²) in [6.07, 6.45) is 0.762. The Balaban J connectivity index is 1.74. The smallest absolute Gasteiger partial charge is 0.237 e. The van der Waals surface area contributed by atoms with E-state index in [4.69, 9.17) is 28.3 Å². The number of thioether (sulfide) groups is 1. The summed E-state index contributed by atoms with van der Waals surface area (Å²) in [5, 5.41) is 9.07. The van der Waals surface area contributed by atoms with Crippen molar-refractivity contribution in [2.75, 3.05) is 0 Å². The van der Waals surface area contributed by atoms with Gasteiger partial charge < -0.3 is 4.52 Å². The minimum absolute atomic E-state index is 0.579. The molecule has 0 atom stereocenters. The molecule has 114 valence electrons. The molecule has 22 heavy (non-hydrogen) atoms. The van der Waals surface area contributed by atoms with Crippen LogP contribution in [-0.2, 0) is 12.2 Å². The molecule has 0 saturated carbocycles. The van der Waals surface area contributed by atoms with E-state index in [1.807, 2.05) is 31.2 Å². The van der Waals surface area contributed by atoms with Crippen molar-refractivity contribution in [1.82, 2.24) is 19.9 Å². The zero-order valence-corrected chi connectivity index (χ0v) is 14.7. The van der Waals surface area contributed by atoms with E-state index in [1.54, 1.807) is 4.68 Å². The summed E-state index contributed by atoms with van der Waals surface area (Å²) in [4.78, 5) is 4.27. The number of rotatable bonds is 5. The van der Waals surface area contributed by atoms with E-state index in [1.165, 1.54) is 23.1 Å². The second-order valence-corrected chi connectivity index (χ2v) is 7.55. The zero-order valence-electron chi connectivity index (χ0n) is 11.5. The summed E-state index contributed by atoms with van der Waals surface area (Å²) in [5.41, 5.74) is 0.892. The average Bonchev–Trinajstić information content (AvgIpc) is 3.12. The number of benzene rings is 1. The lowest BCUT2D eigenvalue weighted by atomic mass is 10.3. The molecule has 0 aliphatic heterocycles. The van der Waals surface area contributed by atoms with E-state index in [-0.39, 0.29) is 0 Å². The summed E-state index contributed by atoms with van der Waals surface area (Å²) in [6.45, 7) is 1.99. The minimum atomic E-state index is 0.579. The van der Waals surface area contributed by atoms with Crippen molar-refractivity contribution in [2.45, 2.75) is 23.4 Å². The Kier molecular flexibility index (Phi) is 4.92. The first kappa shape index (κ1) is 15.7. The predicted molar refractivity (Wildman–Crippen MR) is 90.5 cm³/mol. The second-order valence-electron chi connectivity index (χ2n) is 4.27. The van der Waals surface area contributed by atoms with Crippen LogP contribution in [0.3, 0.4) is 0 Å². The molecule has 3 aromatic rings. The molecule has 0 bridgehead atoms. The molecule has 1 aromatic carbocycles. The van der Waals surface area contributed by atoms with Gasteiger partial charge in [0.25, 0.3) is 0 Å². The molecule has 0 aliphatic carbocycles. The first-order valence-electron chi connectivity index (χ1n) is 6.46. The van der Waals surface area contributed by atoms with Crippen molar-refractivity contribution < 1.29 is 4.52 Å². The topological polar surface area (TPSA) is 56.7 Å². The van der Waals surface area contributed by atoms with Crippen molar-refractivity contribution in [3.63, 3.8) is 0 Å². The molecule has 2 aromatic heterocycles. The Bertz CT molecular complexity index is 824. The first-order chi connectivity index (χ1) is 10.7. The number of aryl methyl sites for hydroxylation is 1. The van der Waals surface area contributed by atoms with Crippen LogP contribution in [0, 0.1) is 3.95 Å². The fourth-order valence-corrected chi connectivity index (χ4v) is 4.01. The summed E-state index contributed by atoms with van der Waals surface area (Å²) >= 11 is 14.2. The lowest BCUT2D eigenvalue weighted by Crippen LogP contribution is -1.95. The van der Waals surface area contributed by atoms with Crippen LogP contribution in [0.1, 0.15) is 18.6 Å². The fraction of sp³-hybridized carbons (Fsp3) is 0.231. The molecule has 9 heteroatoms. The summed E-state index contributed by atoms with van der Waals surface area (Å²) in [5.74, 6) is 1.89. The third-order valence-corrected chi connectivity index (χ3v) is 5.35. The monoisotopic (exact) mass is 370 g/mol. The van der Waals surface area contributed by atoms with E-state index in [0.717, 1.165) is 22.3 Å². The lowest BCUT2D eigenvalue weighted by molar-refractivity contribution is 0.385. The standard InChI is InChI=1S/C13H11ClN4OS3/c1-2-10-15-11(19-17-10)7-21-12-16-18(13(20)22-12)9-5-3-8(14)4-6-9/h3-6H,2,7H2,1H3. The van der Waals surface area contributed by atoms with Crippen molar-refractivity contribution in [3.05, 3.63) is 45.0 Å². The maximum atomic E-state index is 5.90. The molecular formula is C13H11ClN4OS3. The van der Waals surface area contributed by atoms with Crippen molar-refractivity contribution in [1.29, 1.82) is 0 Å². The van der Waals surface area contributed by atoms with Crippen LogP contribution in [0.25, 0.3) is 5.69 Å². The molecule has 0 fully saturated rings. The highest BCUT2D eigenvalue weighted by Gasteiger charge is 2.10. The van der Waals surface area contributed by atoms with Crippen molar-refractivity contribution in [3.8, 4) is 5.69 Å². The normalized spacial score (nSPS) is 11.0. The van der Waals surface area contributed by atoms with Crippen LogP contribution in [0.2, 0.25) is 5.02 Å². The van der Waals surface area contributed by atoms with Gasteiger partial charge in [-0.2, -0.15) is 4.98 Å². The average molecular weight is 371 g/mol. The number of aromatic nitrogens is 4. The number of hydrogen-bond donors (Lipinski definition) is 0. The zero-order chi connectivity index (χ0) is 15.5. The van der Waals surface area contributed by atoms with Gasteiger partial charge in [0.1, 0.15) is 0 Å². The minimum Gasteiger partial charge on any atom is -0.338 e. The second kappa shape index (κ2) is 6.91. The highest BCUT2D eigenvalue weighted by molar-refractivity contribution is 8.00. The molecule has 0 N–H and O–H groups in total. The summed E-state index contributed by atoms with van der Waals surface area (Å²) in [6, 6.07) is 7.40. The highest BCUT2D eigenvalue weighted by Crippen LogP contribution is 2.27. The van der Waals surface area contributed by atoms with E-state index < -0.39 is 0 Å². The Morgan fingerprint density at radius 1 is 1.36 bits per heavy atom. The molecule has 0 amide bonds. The highest BCUT2D eigenvalue weighted by atomic mass is 35.5. The maximum absolute atomic E-state index is 5.90. The van der Waals surface area contributed by atoms with E-state index in [9.17, 15) is 0 Å². The molecular weight excluding hydrogens is 360 g/mol. The lowest BCUT2D eigenvalue weighted by Gasteiger charge is -1.99. The van der Waals surface area contributed by atoms with Gasteiger partial charge in [-0.15, -0.1) is 5.10 Å². The van der Waals surface area contributed by atoms with E-state index in [0.29, 0.717) is 20.6 Å². The van der Waals surface area contributed by atoms with Crippen LogP contribution in [0.5, 0.6) is 0 Å². The molecule has 0 spiro atoms. The molecule has 0 aliphatic rings. The van der Waals surface area contributed by atoms with Crippen LogP contribution in [-0.4, -0.2) is 19.9 Å². The Labute approximate surface area is 145 Å². The molecule has 3 rings (SSSR count). The molecule has 0 unspecified atom stereocenters. The van der Waals surface area contributed by atoms with E-state index >= 15 is 0 Å². The Morgan fingerprint density at radius 2 is 2.14 bits per heavy atom. The van der Waals surface area contributed by atoms with Gasteiger partial charge in [-0.05, 0) is 36.5 Å². The molecule has 5 nitrogen and oxygen atoms in total. The Morgan fingerprint density at radius 3 is 2.82 bits per heavy atom. The van der Waals surface area contributed by atoms with Crippen LogP contribution in [0.15, 0.2) is 33.1 Å². The van der Waals surface area contributed by atoms with E-state index in [2.05, 4.69) is 15.2 Å². The third kappa shape index (κ3) is 3.57. The van der Waals surface area contributed by atoms with Gasteiger partial charge in [-0.25, -0.2) is 4.68 Å². The van der Waals surface area contributed by atoms with Gasteiger partial charge in [-0.3, -0.25) is 0 Å². The fourth-order valence-electron chi connectivity index (χ4n) is 1.68. The summed E-state index contributed by atoms with van der Waals surface area (Å²) < 4.78 is 8.43. The first-order valence-corrected chi connectivity index (χ1v) is 9.05. The number of hydrogen-bond acceptors (Lipinski definition) is 7. The van der Waals surface area contributed by atoms with Gasteiger partial charge in [0.15, 0.2) is 14.1 Å². The van der Waals surface area contributed by atoms with Crippen molar-refractivity contribution >= 4 is 46.9 Å². The SMILES string of the molecule is CCc1noc(CSc2nn(-c3ccc(Cl)cc3)c(=S)s2)n1.